The van der Waals surface area contributed by atoms with Gasteiger partial charge in [0.25, 0.3) is 0 Å². The molecule has 2 rings (SSSR count). The van der Waals surface area contributed by atoms with Gasteiger partial charge in [0.2, 0.25) is 0 Å². The summed E-state index contributed by atoms with van der Waals surface area (Å²) in [5, 5.41) is 25.0. The highest BCUT2D eigenvalue weighted by Crippen LogP contribution is 2.12. The Labute approximate surface area is 103 Å². The Hall–Kier alpha value is -2.68. The second kappa shape index (κ2) is 5.10. The molecule has 0 radical (unpaired) electrons. The minimum atomic E-state index is -1.13. The molecule has 0 saturated heterocycles. The lowest BCUT2D eigenvalue weighted by Crippen LogP contribution is -2.08. The minimum Gasteiger partial charge on any atom is -0.476 e. The number of hydrogen-bond acceptors (Lipinski definition) is 4. The zero-order valence-electron chi connectivity index (χ0n) is 9.45. The first-order chi connectivity index (χ1) is 8.72. The SMILES string of the molecule is N#CCn1nnc(C(=O)O)c1Cc1ccccc1. The fourth-order valence-corrected chi connectivity index (χ4v) is 1.66. The number of rotatable bonds is 4. The molecule has 0 aliphatic rings. The summed E-state index contributed by atoms with van der Waals surface area (Å²) in [5.41, 5.74) is 1.28. The molecule has 0 fully saturated rings. The maximum Gasteiger partial charge on any atom is 0.358 e. The van der Waals surface area contributed by atoms with Crippen molar-refractivity contribution in [3.8, 4) is 6.07 Å². The van der Waals surface area contributed by atoms with Gasteiger partial charge in [-0.2, -0.15) is 5.26 Å². The first-order valence-electron chi connectivity index (χ1n) is 5.29. The van der Waals surface area contributed by atoms with E-state index in [1.165, 1.54) is 4.68 Å². The van der Waals surface area contributed by atoms with Gasteiger partial charge in [-0.25, -0.2) is 9.48 Å². The number of carboxylic acids is 1. The van der Waals surface area contributed by atoms with Gasteiger partial charge in [0, 0.05) is 6.42 Å². The molecule has 6 nitrogen and oxygen atoms in total. The number of nitriles is 1. The number of benzene rings is 1. The van der Waals surface area contributed by atoms with Crippen molar-refractivity contribution >= 4 is 5.97 Å². The third kappa shape index (κ3) is 2.35. The van der Waals surface area contributed by atoms with Crippen molar-refractivity contribution in [2.75, 3.05) is 0 Å². The monoisotopic (exact) mass is 242 g/mol. The predicted molar refractivity (Wildman–Crippen MR) is 61.8 cm³/mol. The molecule has 0 bridgehead atoms. The lowest BCUT2D eigenvalue weighted by atomic mass is 10.1. The molecule has 0 unspecified atom stereocenters. The highest BCUT2D eigenvalue weighted by molar-refractivity contribution is 5.86. The van der Waals surface area contributed by atoms with Gasteiger partial charge in [0.15, 0.2) is 5.69 Å². The summed E-state index contributed by atoms with van der Waals surface area (Å²) in [7, 11) is 0. The molecule has 1 heterocycles. The third-order valence-corrected chi connectivity index (χ3v) is 2.48. The first kappa shape index (κ1) is 11.8. The molecule has 0 atom stereocenters. The number of aromatic nitrogens is 3. The molecule has 0 spiro atoms. The minimum absolute atomic E-state index is 0.0115. The van der Waals surface area contributed by atoms with Crippen molar-refractivity contribution in [2.24, 2.45) is 0 Å². The van der Waals surface area contributed by atoms with Gasteiger partial charge in [-0.05, 0) is 5.56 Å². The van der Waals surface area contributed by atoms with E-state index >= 15 is 0 Å². The van der Waals surface area contributed by atoms with Crippen molar-refractivity contribution in [1.82, 2.24) is 15.0 Å². The van der Waals surface area contributed by atoms with Crippen LogP contribution < -0.4 is 0 Å². The van der Waals surface area contributed by atoms with Crippen LogP contribution in [0, 0.1) is 11.3 Å². The summed E-state index contributed by atoms with van der Waals surface area (Å²) in [6.07, 6.45) is 0.386. The van der Waals surface area contributed by atoms with Crippen LogP contribution in [-0.2, 0) is 13.0 Å². The Morgan fingerprint density at radius 3 is 2.72 bits per heavy atom. The zero-order chi connectivity index (χ0) is 13.0. The van der Waals surface area contributed by atoms with E-state index in [9.17, 15) is 4.79 Å². The molecule has 2 aromatic rings. The van der Waals surface area contributed by atoms with Crippen molar-refractivity contribution in [2.45, 2.75) is 13.0 Å². The molecule has 6 heteroatoms. The third-order valence-electron chi connectivity index (χ3n) is 2.48. The molecular weight excluding hydrogens is 232 g/mol. The first-order valence-corrected chi connectivity index (χ1v) is 5.29. The Balaban J connectivity index is 2.38. The maximum atomic E-state index is 11.0. The summed E-state index contributed by atoms with van der Waals surface area (Å²) < 4.78 is 1.32. The van der Waals surface area contributed by atoms with E-state index < -0.39 is 5.97 Å². The van der Waals surface area contributed by atoms with Crippen molar-refractivity contribution in [3.63, 3.8) is 0 Å². The molecule has 18 heavy (non-hydrogen) atoms. The molecule has 1 aromatic heterocycles. The van der Waals surface area contributed by atoms with E-state index in [0.717, 1.165) is 5.56 Å². The van der Waals surface area contributed by atoms with Crippen LogP contribution in [0.2, 0.25) is 0 Å². The largest absolute Gasteiger partial charge is 0.476 e. The van der Waals surface area contributed by atoms with E-state index in [1.807, 2.05) is 36.4 Å². The molecule has 0 amide bonds. The Bertz CT molecular complexity index is 598. The van der Waals surface area contributed by atoms with Crippen LogP contribution in [0.5, 0.6) is 0 Å². The standard InChI is InChI=1S/C12H10N4O2/c13-6-7-16-10(11(12(17)18)14-15-16)8-9-4-2-1-3-5-9/h1-5H,7-8H2,(H,17,18). The number of carboxylic acid groups (broad SMARTS) is 1. The average Bonchev–Trinajstić information content (AvgIpc) is 2.74. The van der Waals surface area contributed by atoms with Crippen molar-refractivity contribution < 1.29 is 9.90 Å². The van der Waals surface area contributed by atoms with E-state index in [0.29, 0.717) is 12.1 Å². The lowest BCUT2D eigenvalue weighted by molar-refractivity contribution is 0.0689. The van der Waals surface area contributed by atoms with E-state index in [1.54, 1.807) is 0 Å². The summed E-state index contributed by atoms with van der Waals surface area (Å²) in [6.45, 7) is -0.0115. The Morgan fingerprint density at radius 1 is 1.39 bits per heavy atom. The van der Waals surface area contributed by atoms with Gasteiger partial charge in [-0.3, -0.25) is 0 Å². The summed E-state index contributed by atoms with van der Waals surface area (Å²) in [6, 6.07) is 11.3. The Morgan fingerprint density at radius 2 is 2.11 bits per heavy atom. The topological polar surface area (TPSA) is 91.8 Å². The highest BCUT2D eigenvalue weighted by atomic mass is 16.4. The maximum absolute atomic E-state index is 11.0. The van der Waals surface area contributed by atoms with Crippen molar-refractivity contribution in [1.29, 1.82) is 5.26 Å². The van der Waals surface area contributed by atoms with Gasteiger partial charge < -0.3 is 5.11 Å². The lowest BCUT2D eigenvalue weighted by Gasteiger charge is -2.03. The number of carbonyl (C=O) groups is 1. The quantitative estimate of drug-likeness (QED) is 0.866. The van der Waals surface area contributed by atoms with Gasteiger partial charge in [0.05, 0.1) is 11.8 Å². The zero-order valence-corrected chi connectivity index (χ0v) is 9.45. The van der Waals surface area contributed by atoms with Crippen LogP contribution in [0.1, 0.15) is 21.7 Å². The van der Waals surface area contributed by atoms with Gasteiger partial charge in [-0.1, -0.05) is 35.5 Å². The highest BCUT2D eigenvalue weighted by Gasteiger charge is 2.18. The summed E-state index contributed by atoms with van der Waals surface area (Å²) >= 11 is 0. The van der Waals surface area contributed by atoms with Crippen LogP contribution in [-0.4, -0.2) is 26.1 Å². The van der Waals surface area contributed by atoms with E-state index in [-0.39, 0.29) is 12.2 Å². The molecular formula is C12H10N4O2. The molecule has 90 valence electrons. The predicted octanol–water partition coefficient (Wildman–Crippen LogP) is 1.09. The van der Waals surface area contributed by atoms with Crippen LogP contribution >= 0.6 is 0 Å². The van der Waals surface area contributed by atoms with E-state index in [4.69, 9.17) is 10.4 Å². The smallest absolute Gasteiger partial charge is 0.358 e. The van der Waals surface area contributed by atoms with E-state index in [2.05, 4.69) is 10.3 Å². The van der Waals surface area contributed by atoms with Crippen LogP contribution in [0.15, 0.2) is 30.3 Å². The summed E-state index contributed by atoms with van der Waals surface area (Å²) in [4.78, 5) is 11.0. The van der Waals surface area contributed by atoms with Gasteiger partial charge in [0.1, 0.15) is 6.54 Å². The number of nitrogens with zero attached hydrogens (tertiary/aromatic N) is 4. The number of hydrogen-bond donors (Lipinski definition) is 1. The summed E-state index contributed by atoms with van der Waals surface area (Å²) in [5.74, 6) is -1.13. The molecule has 0 aliphatic heterocycles. The van der Waals surface area contributed by atoms with Crippen LogP contribution in [0.25, 0.3) is 0 Å². The number of aromatic carboxylic acids is 1. The second-order valence-electron chi connectivity index (χ2n) is 3.67. The van der Waals surface area contributed by atoms with Gasteiger partial charge in [-0.15, -0.1) is 5.10 Å². The fourth-order valence-electron chi connectivity index (χ4n) is 1.66. The average molecular weight is 242 g/mol. The van der Waals surface area contributed by atoms with Crippen LogP contribution in [0.4, 0.5) is 0 Å². The molecule has 1 aromatic carbocycles. The fraction of sp³-hybridized carbons (Fsp3) is 0.167. The van der Waals surface area contributed by atoms with Gasteiger partial charge >= 0.3 is 5.97 Å². The Kier molecular flexibility index (Phi) is 3.34. The normalized spacial score (nSPS) is 9.94. The molecule has 0 aliphatic carbocycles. The molecule has 1 N–H and O–H groups in total. The van der Waals surface area contributed by atoms with Crippen LogP contribution in [0.3, 0.4) is 0 Å². The molecule has 0 saturated carbocycles. The second-order valence-corrected chi connectivity index (χ2v) is 3.67. The van der Waals surface area contributed by atoms with Crippen molar-refractivity contribution in [3.05, 3.63) is 47.3 Å².